The van der Waals surface area contributed by atoms with Crippen molar-refractivity contribution in [2.24, 2.45) is 5.92 Å². The number of hydrogen-bond donors (Lipinski definition) is 0. The molecule has 0 bridgehead atoms. The van der Waals surface area contributed by atoms with Crippen LogP contribution in [-0.2, 0) is 20.7 Å². The molecule has 0 radical (unpaired) electrons. The highest BCUT2D eigenvalue weighted by Gasteiger charge is 2.37. The van der Waals surface area contributed by atoms with Gasteiger partial charge in [-0.2, -0.15) is 0 Å². The molecular weight excluding hydrogens is 400 g/mol. The maximum atomic E-state index is 13.3. The summed E-state index contributed by atoms with van der Waals surface area (Å²) in [5.74, 6) is 0.916. The van der Waals surface area contributed by atoms with E-state index in [0.29, 0.717) is 26.3 Å². The second-order valence-corrected chi connectivity index (χ2v) is 8.80. The fraction of sp³-hybridized carbons (Fsp3) is 0.478. The van der Waals surface area contributed by atoms with E-state index in [0.717, 1.165) is 30.6 Å². The number of nitrogens with zero attached hydrogens (tertiary/aromatic N) is 2. The number of hydrogen-bond acceptors (Lipinski definition) is 5. The van der Waals surface area contributed by atoms with Gasteiger partial charge in [0.1, 0.15) is 12.4 Å². The summed E-state index contributed by atoms with van der Waals surface area (Å²) in [6.45, 7) is 2.01. The molecule has 2 aromatic rings. The van der Waals surface area contributed by atoms with E-state index in [1.165, 1.54) is 4.88 Å². The summed E-state index contributed by atoms with van der Waals surface area (Å²) in [7, 11) is 1.61. The Labute approximate surface area is 181 Å². The van der Waals surface area contributed by atoms with Crippen molar-refractivity contribution in [3.05, 3.63) is 52.2 Å². The van der Waals surface area contributed by atoms with Gasteiger partial charge in [-0.1, -0.05) is 18.2 Å². The molecule has 1 saturated carbocycles. The predicted molar refractivity (Wildman–Crippen MR) is 116 cm³/mol. The van der Waals surface area contributed by atoms with Gasteiger partial charge in [0.25, 0.3) is 0 Å². The number of carbonyl (C=O) groups is 2. The van der Waals surface area contributed by atoms with Gasteiger partial charge >= 0.3 is 0 Å². The van der Waals surface area contributed by atoms with E-state index >= 15 is 0 Å². The Kier molecular flexibility index (Phi) is 6.69. The quantitative estimate of drug-likeness (QED) is 0.616. The maximum absolute atomic E-state index is 13.3. The molecule has 2 heterocycles. The molecule has 1 fully saturated rings. The Morgan fingerprint density at radius 3 is 2.73 bits per heavy atom. The molecule has 0 spiro atoms. The van der Waals surface area contributed by atoms with E-state index < -0.39 is 0 Å². The molecule has 7 heteroatoms. The number of carbonyl (C=O) groups excluding carboxylic acids is 2. The third kappa shape index (κ3) is 4.84. The fourth-order valence-electron chi connectivity index (χ4n) is 3.88. The molecule has 160 valence electrons. The highest BCUT2D eigenvalue weighted by molar-refractivity contribution is 7.10. The number of benzene rings is 1. The molecule has 1 unspecified atom stereocenters. The van der Waals surface area contributed by atoms with Crippen LogP contribution in [0.2, 0.25) is 0 Å². The third-order valence-electron chi connectivity index (χ3n) is 5.70. The van der Waals surface area contributed by atoms with Crippen LogP contribution in [-0.4, -0.2) is 61.6 Å². The molecule has 1 aromatic heterocycles. The van der Waals surface area contributed by atoms with Crippen molar-refractivity contribution >= 4 is 23.2 Å². The molecule has 2 amide bonds. The molecule has 2 aliphatic rings. The summed E-state index contributed by atoms with van der Waals surface area (Å²) in [6.07, 6.45) is 2.69. The van der Waals surface area contributed by atoms with Crippen molar-refractivity contribution in [3.63, 3.8) is 0 Å². The Bertz CT molecular complexity index is 865. The van der Waals surface area contributed by atoms with Crippen LogP contribution in [0.15, 0.2) is 41.8 Å². The first kappa shape index (κ1) is 20.9. The average molecular weight is 429 g/mol. The van der Waals surface area contributed by atoms with Crippen LogP contribution in [0.1, 0.15) is 29.3 Å². The second-order valence-electron chi connectivity index (χ2n) is 7.80. The molecule has 1 aromatic carbocycles. The Hall–Kier alpha value is -2.38. The highest BCUT2D eigenvalue weighted by Crippen LogP contribution is 2.34. The monoisotopic (exact) mass is 428 g/mol. The molecule has 0 N–H and O–H groups in total. The lowest BCUT2D eigenvalue weighted by Crippen LogP contribution is -2.48. The lowest BCUT2D eigenvalue weighted by atomic mass is 10.0. The topological polar surface area (TPSA) is 59.1 Å². The highest BCUT2D eigenvalue weighted by atomic mass is 32.1. The van der Waals surface area contributed by atoms with Crippen molar-refractivity contribution in [2.45, 2.75) is 25.3 Å². The summed E-state index contributed by atoms with van der Waals surface area (Å²) in [5.41, 5.74) is 1.16. The normalized spacial score (nSPS) is 18.0. The first-order chi connectivity index (χ1) is 14.7. The van der Waals surface area contributed by atoms with Gasteiger partial charge in [-0.15, -0.1) is 11.3 Å². The zero-order chi connectivity index (χ0) is 20.9. The van der Waals surface area contributed by atoms with Crippen LogP contribution in [0, 0.1) is 5.92 Å². The minimum atomic E-state index is -0.145. The first-order valence-corrected chi connectivity index (χ1v) is 11.4. The Morgan fingerprint density at radius 2 is 2.00 bits per heavy atom. The lowest BCUT2D eigenvalue weighted by Gasteiger charge is -2.37. The van der Waals surface area contributed by atoms with Crippen LogP contribution in [0.5, 0.6) is 5.75 Å². The number of amides is 2. The predicted octanol–water partition coefficient (Wildman–Crippen LogP) is 3.14. The second kappa shape index (κ2) is 9.62. The number of methoxy groups -OCH3 is 1. The summed E-state index contributed by atoms with van der Waals surface area (Å²) in [4.78, 5) is 30.8. The van der Waals surface area contributed by atoms with Gasteiger partial charge in [0.15, 0.2) is 0 Å². The molecule has 1 atom stereocenters. The van der Waals surface area contributed by atoms with E-state index in [-0.39, 0.29) is 30.3 Å². The number of thiophene rings is 1. The van der Waals surface area contributed by atoms with Crippen LogP contribution < -0.4 is 4.74 Å². The van der Waals surface area contributed by atoms with E-state index in [1.807, 2.05) is 35.2 Å². The van der Waals surface area contributed by atoms with Crippen LogP contribution >= 0.6 is 11.3 Å². The standard InChI is InChI=1S/C23H28N2O4S/c1-28-13-12-24(23(27)17-7-8-17)15-22(26)25-11-9-21-19(10-14-30-21)20(25)16-29-18-5-3-2-4-6-18/h2-6,10,14,17,20H,7-9,11-13,15-16H2,1H3. The van der Waals surface area contributed by atoms with Crippen molar-refractivity contribution in [3.8, 4) is 5.75 Å². The maximum Gasteiger partial charge on any atom is 0.242 e. The molecule has 1 aliphatic carbocycles. The minimum Gasteiger partial charge on any atom is -0.491 e. The van der Waals surface area contributed by atoms with Gasteiger partial charge in [0.2, 0.25) is 11.8 Å². The van der Waals surface area contributed by atoms with Crippen LogP contribution in [0.25, 0.3) is 0 Å². The number of para-hydroxylation sites is 1. The van der Waals surface area contributed by atoms with E-state index in [4.69, 9.17) is 9.47 Å². The third-order valence-corrected chi connectivity index (χ3v) is 6.69. The summed E-state index contributed by atoms with van der Waals surface area (Å²) in [6, 6.07) is 11.6. The molecule has 1 aliphatic heterocycles. The Balaban J connectivity index is 1.48. The molecule has 6 nitrogen and oxygen atoms in total. The SMILES string of the molecule is COCCN(CC(=O)N1CCc2sccc2C1COc1ccccc1)C(=O)C1CC1. The van der Waals surface area contributed by atoms with Crippen molar-refractivity contribution in [1.82, 2.24) is 9.80 Å². The van der Waals surface area contributed by atoms with Gasteiger partial charge < -0.3 is 19.3 Å². The largest absolute Gasteiger partial charge is 0.491 e. The van der Waals surface area contributed by atoms with Gasteiger partial charge in [0, 0.05) is 31.0 Å². The zero-order valence-corrected chi connectivity index (χ0v) is 18.1. The average Bonchev–Trinajstić information content (AvgIpc) is 3.51. The molecule has 0 saturated heterocycles. The lowest BCUT2D eigenvalue weighted by molar-refractivity contribution is -0.143. The molecule has 30 heavy (non-hydrogen) atoms. The summed E-state index contributed by atoms with van der Waals surface area (Å²) < 4.78 is 11.2. The fourth-order valence-corrected chi connectivity index (χ4v) is 4.81. The minimum absolute atomic E-state index is 0.0291. The van der Waals surface area contributed by atoms with E-state index in [2.05, 4.69) is 11.4 Å². The van der Waals surface area contributed by atoms with E-state index in [1.54, 1.807) is 23.3 Å². The number of fused-ring (bicyclic) bond motifs is 1. The number of rotatable bonds is 9. The van der Waals surface area contributed by atoms with Gasteiger partial charge in [0.05, 0.1) is 19.2 Å². The van der Waals surface area contributed by atoms with Crippen molar-refractivity contribution < 1.29 is 19.1 Å². The van der Waals surface area contributed by atoms with Gasteiger partial charge in [-0.05, 0) is 48.4 Å². The van der Waals surface area contributed by atoms with Crippen molar-refractivity contribution in [1.29, 1.82) is 0 Å². The summed E-state index contributed by atoms with van der Waals surface area (Å²) in [5, 5.41) is 2.08. The van der Waals surface area contributed by atoms with Gasteiger partial charge in [-0.25, -0.2) is 0 Å². The van der Waals surface area contributed by atoms with Crippen LogP contribution in [0.4, 0.5) is 0 Å². The van der Waals surface area contributed by atoms with Gasteiger partial charge in [-0.3, -0.25) is 9.59 Å². The van der Waals surface area contributed by atoms with Crippen LogP contribution in [0.3, 0.4) is 0 Å². The molecule has 4 rings (SSSR count). The molecular formula is C23H28N2O4S. The van der Waals surface area contributed by atoms with Crippen molar-refractivity contribution in [2.75, 3.05) is 40.0 Å². The summed E-state index contributed by atoms with van der Waals surface area (Å²) >= 11 is 1.73. The Morgan fingerprint density at radius 1 is 1.20 bits per heavy atom. The van der Waals surface area contributed by atoms with E-state index in [9.17, 15) is 9.59 Å². The number of ether oxygens (including phenoxy) is 2. The first-order valence-electron chi connectivity index (χ1n) is 10.5. The zero-order valence-electron chi connectivity index (χ0n) is 17.3. The smallest absolute Gasteiger partial charge is 0.242 e.